The molecule has 0 radical (unpaired) electrons. The Balaban J connectivity index is 2.35. The lowest BCUT2D eigenvalue weighted by molar-refractivity contribution is 0.0921. The number of fused-ring (bicyclic) bond motifs is 1. The Morgan fingerprint density at radius 2 is 2.38 bits per heavy atom. The molecule has 0 fully saturated rings. The smallest absolute Gasteiger partial charge is 0.167 e. The molecule has 0 spiro atoms. The SMILES string of the molecule is CCC(CN)C(=O)c1ccc2nc[nH]c2c1. The third kappa shape index (κ3) is 1.84. The van der Waals surface area contributed by atoms with Crippen molar-refractivity contribution in [1.82, 2.24) is 9.97 Å². The fourth-order valence-corrected chi connectivity index (χ4v) is 1.78. The monoisotopic (exact) mass is 217 g/mol. The minimum Gasteiger partial charge on any atom is -0.345 e. The first kappa shape index (κ1) is 10.8. The summed E-state index contributed by atoms with van der Waals surface area (Å²) in [6, 6.07) is 5.50. The zero-order valence-corrected chi connectivity index (χ0v) is 9.23. The molecule has 1 aromatic heterocycles. The summed E-state index contributed by atoms with van der Waals surface area (Å²) in [5, 5.41) is 0. The van der Waals surface area contributed by atoms with Gasteiger partial charge in [-0.1, -0.05) is 6.92 Å². The molecule has 0 amide bonds. The second-order valence-electron chi connectivity index (χ2n) is 3.84. The lowest BCUT2D eigenvalue weighted by Crippen LogP contribution is -2.23. The van der Waals surface area contributed by atoms with Gasteiger partial charge in [0.2, 0.25) is 0 Å². The van der Waals surface area contributed by atoms with Crippen molar-refractivity contribution in [1.29, 1.82) is 0 Å². The summed E-state index contributed by atoms with van der Waals surface area (Å²) in [5.41, 5.74) is 8.04. The van der Waals surface area contributed by atoms with Crippen molar-refractivity contribution in [2.24, 2.45) is 11.7 Å². The Hall–Kier alpha value is -1.68. The molecule has 4 heteroatoms. The molecule has 16 heavy (non-hydrogen) atoms. The number of hydrogen-bond donors (Lipinski definition) is 2. The van der Waals surface area contributed by atoms with Gasteiger partial charge in [-0.15, -0.1) is 0 Å². The lowest BCUT2D eigenvalue weighted by Gasteiger charge is -2.10. The van der Waals surface area contributed by atoms with E-state index in [-0.39, 0.29) is 11.7 Å². The van der Waals surface area contributed by atoms with E-state index >= 15 is 0 Å². The van der Waals surface area contributed by atoms with Crippen LogP contribution in [0.1, 0.15) is 23.7 Å². The highest BCUT2D eigenvalue weighted by Crippen LogP contribution is 2.16. The molecule has 1 heterocycles. The van der Waals surface area contributed by atoms with Crippen molar-refractivity contribution in [2.45, 2.75) is 13.3 Å². The zero-order chi connectivity index (χ0) is 11.5. The second-order valence-corrected chi connectivity index (χ2v) is 3.84. The molecule has 0 aliphatic rings. The first-order valence-electron chi connectivity index (χ1n) is 5.43. The van der Waals surface area contributed by atoms with Gasteiger partial charge in [0.15, 0.2) is 5.78 Å². The van der Waals surface area contributed by atoms with Crippen LogP contribution in [-0.4, -0.2) is 22.3 Å². The van der Waals surface area contributed by atoms with E-state index in [0.29, 0.717) is 12.1 Å². The normalized spacial score (nSPS) is 12.9. The molecule has 0 saturated carbocycles. The molecule has 2 aromatic rings. The van der Waals surface area contributed by atoms with Crippen molar-refractivity contribution in [3.05, 3.63) is 30.1 Å². The maximum absolute atomic E-state index is 12.1. The lowest BCUT2D eigenvalue weighted by atomic mass is 9.95. The molecule has 0 aliphatic carbocycles. The summed E-state index contributed by atoms with van der Waals surface area (Å²) in [5.74, 6) is 0.0295. The average Bonchev–Trinajstić information content (AvgIpc) is 2.77. The van der Waals surface area contributed by atoms with Crippen LogP contribution in [0.15, 0.2) is 24.5 Å². The van der Waals surface area contributed by atoms with Gasteiger partial charge in [-0.25, -0.2) is 4.98 Å². The number of Topliss-reactive ketones (excluding diaryl/α,β-unsaturated/α-hetero) is 1. The zero-order valence-electron chi connectivity index (χ0n) is 9.23. The van der Waals surface area contributed by atoms with E-state index in [9.17, 15) is 4.79 Å². The Kier molecular flexibility index (Phi) is 3.01. The van der Waals surface area contributed by atoms with E-state index in [4.69, 9.17) is 5.73 Å². The number of aromatic nitrogens is 2. The highest BCUT2D eigenvalue weighted by atomic mass is 16.1. The largest absolute Gasteiger partial charge is 0.345 e. The van der Waals surface area contributed by atoms with Crippen LogP contribution in [0.4, 0.5) is 0 Å². The molecule has 0 saturated heterocycles. The van der Waals surface area contributed by atoms with Crippen LogP contribution in [-0.2, 0) is 0 Å². The molecule has 4 nitrogen and oxygen atoms in total. The average molecular weight is 217 g/mol. The topological polar surface area (TPSA) is 71.8 Å². The van der Waals surface area contributed by atoms with E-state index in [2.05, 4.69) is 9.97 Å². The number of nitrogens with one attached hydrogen (secondary N) is 1. The van der Waals surface area contributed by atoms with Crippen LogP contribution in [0.25, 0.3) is 11.0 Å². The molecule has 1 aromatic carbocycles. The van der Waals surface area contributed by atoms with Gasteiger partial charge in [-0.3, -0.25) is 4.79 Å². The van der Waals surface area contributed by atoms with Gasteiger partial charge < -0.3 is 10.7 Å². The minimum atomic E-state index is -0.0830. The summed E-state index contributed by atoms with van der Waals surface area (Å²) >= 11 is 0. The molecule has 1 atom stereocenters. The predicted octanol–water partition coefficient (Wildman–Crippen LogP) is 1.73. The molecule has 84 valence electrons. The highest BCUT2D eigenvalue weighted by molar-refractivity contribution is 6.00. The van der Waals surface area contributed by atoms with E-state index in [1.54, 1.807) is 6.33 Å². The van der Waals surface area contributed by atoms with Gasteiger partial charge in [0.1, 0.15) is 0 Å². The fraction of sp³-hybridized carbons (Fsp3) is 0.333. The van der Waals surface area contributed by atoms with Gasteiger partial charge in [0, 0.05) is 18.0 Å². The van der Waals surface area contributed by atoms with E-state index in [0.717, 1.165) is 17.5 Å². The van der Waals surface area contributed by atoms with Gasteiger partial charge in [0.25, 0.3) is 0 Å². The Morgan fingerprint density at radius 1 is 1.56 bits per heavy atom. The fourth-order valence-electron chi connectivity index (χ4n) is 1.78. The summed E-state index contributed by atoms with van der Waals surface area (Å²) in [6.45, 7) is 2.38. The number of nitrogens with zero attached hydrogens (tertiary/aromatic N) is 1. The summed E-state index contributed by atoms with van der Waals surface area (Å²) in [7, 11) is 0. The number of ketones is 1. The van der Waals surface area contributed by atoms with Crippen LogP contribution in [0.3, 0.4) is 0 Å². The Morgan fingerprint density at radius 3 is 3.06 bits per heavy atom. The Bertz CT molecular complexity index is 500. The summed E-state index contributed by atoms with van der Waals surface area (Å²) in [4.78, 5) is 19.2. The third-order valence-electron chi connectivity index (χ3n) is 2.85. The van der Waals surface area contributed by atoms with Crippen molar-refractivity contribution >= 4 is 16.8 Å². The van der Waals surface area contributed by atoms with E-state index in [1.807, 2.05) is 25.1 Å². The maximum atomic E-state index is 12.1. The van der Waals surface area contributed by atoms with Crippen molar-refractivity contribution < 1.29 is 4.79 Å². The van der Waals surface area contributed by atoms with Gasteiger partial charge >= 0.3 is 0 Å². The molecule has 1 unspecified atom stereocenters. The first-order valence-corrected chi connectivity index (χ1v) is 5.43. The molecular weight excluding hydrogens is 202 g/mol. The number of nitrogens with two attached hydrogens (primary N) is 1. The highest BCUT2D eigenvalue weighted by Gasteiger charge is 2.16. The molecule has 0 aliphatic heterocycles. The molecule has 0 bridgehead atoms. The number of H-pyrrole nitrogens is 1. The molecular formula is C12H15N3O. The van der Waals surface area contributed by atoms with Crippen LogP contribution in [0, 0.1) is 5.92 Å². The quantitative estimate of drug-likeness (QED) is 0.766. The number of benzene rings is 1. The molecule has 2 rings (SSSR count). The number of hydrogen-bond acceptors (Lipinski definition) is 3. The van der Waals surface area contributed by atoms with E-state index in [1.165, 1.54) is 0 Å². The number of carbonyl (C=O) groups is 1. The first-order chi connectivity index (χ1) is 7.76. The summed E-state index contributed by atoms with van der Waals surface area (Å²) < 4.78 is 0. The van der Waals surface area contributed by atoms with Gasteiger partial charge in [-0.05, 0) is 24.6 Å². The molecule has 3 N–H and O–H groups in total. The summed E-state index contributed by atoms with van der Waals surface area (Å²) in [6.07, 6.45) is 2.40. The van der Waals surface area contributed by atoms with Crippen LogP contribution in [0.5, 0.6) is 0 Å². The number of aromatic amines is 1. The maximum Gasteiger partial charge on any atom is 0.167 e. The van der Waals surface area contributed by atoms with E-state index < -0.39 is 0 Å². The van der Waals surface area contributed by atoms with Crippen LogP contribution in [0.2, 0.25) is 0 Å². The van der Waals surface area contributed by atoms with Gasteiger partial charge in [0.05, 0.1) is 17.4 Å². The second kappa shape index (κ2) is 4.45. The minimum absolute atomic E-state index is 0.0830. The number of imidazole rings is 1. The van der Waals surface area contributed by atoms with Crippen LogP contribution >= 0.6 is 0 Å². The number of carbonyl (C=O) groups excluding carboxylic acids is 1. The van der Waals surface area contributed by atoms with Gasteiger partial charge in [-0.2, -0.15) is 0 Å². The van der Waals surface area contributed by atoms with Crippen LogP contribution < -0.4 is 5.73 Å². The van der Waals surface area contributed by atoms with Crippen molar-refractivity contribution in [3.63, 3.8) is 0 Å². The predicted molar refractivity (Wildman–Crippen MR) is 63.3 cm³/mol. The van der Waals surface area contributed by atoms with Crippen molar-refractivity contribution in [3.8, 4) is 0 Å². The third-order valence-corrected chi connectivity index (χ3v) is 2.85. The Labute approximate surface area is 93.9 Å². The van der Waals surface area contributed by atoms with Crippen molar-refractivity contribution in [2.75, 3.05) is 6.54 Å². The number of rotatable bonds is 4. The standard InChI is InChI=1S/C12H15N3O/c1-2-8(6-13)12(16)9-3-4-10-11(5-9)15-7-14-10/h3-5,7-8H,2,6,13H2,1H3,(H,14,15).